The summed E-state index contributed by atoms with van der Waals surface area (Å²) in [4.78, 5) is 1.39. The van der Waals surface area contributed by atoms with Gasteiger partial charge in [-0.2, -0.15) is 0 Å². The van der Waals surface area contributed by atoms with E-state index in [2.05, 4.69) is 57.3 Å². The third-order valence-electron chi connectivity index (χ3n) is 4.46. The molecule has 0 bridgehead atoms. The monoisotopic (exact) mass is 305 g/mol. The Morgan fingerprint density at radius 3 is 2.48 bits per heavy atom. The summed E-state index contributed by atoms with van der Waals surface area (Å²) in [7, 11) is 0. The Hall–Kier alpha value is -0.470. The Bertz CT molecular complexity index is 418. The molecule has 2 heteroatoms. The molecule has 118 valence electrons. The zero-order valence-corrected chi connectivity index (χ0v) is 14.9. The summed E-state index contributed by atoms with van der Waals surface area (Å²) in [6.45, 7) is 10.3. The van der Waals surface area contributed by atoms with Crippen molar-refractivity contribution >= 4 is 11.8 Å². The summed E-state index contributed by atoms with van der Waals surface area (Å²) in [6.07, 6.45) is 5.56. The number of nitrogens with one attached hydrogen (secondary N) is 1. The Balaban J connectivity index is 1.69. The van der Waals surface area contributed by atoms with Crippen LogP contribution in [0.2, 0.25) is 0 Å². The van der Waals surface area contributed by atoms with E-state index in [1.807, 2.05) is 11.8 Å². The first kappa shape index (κ1) is 16.9. The highest BCUT2D eigenvalue weighted by Crippen LogP contribution is 2.26. The SMILES string of the molecule is CC1CCCC(NCCSc2ccc(C(C)(C)C)cc2)C1. The average molecular weight is 306 g/mol. The van der Waals surface area contributed by atoms with Crippen molar-refractivity contribution in [3.63, 3.8) is 0 Å². The van der Waals surface area contributed by atoms with E-state index in [9.17, 15) is 0 Å². The maximum atomic E-state index is 3.74. The highest BCUT2D eigenvalue weighted by molar-refractivity contribution is 7.99. The first-order valence-corrected chi connectivity index (χ1v) is 9.40. The molecule has 2 atom stereocenters. The van der Waals surface area contributed by atoms with Gasteiger partial charge in [0.25, 0.3) is 0 Å². The zero-order valence-electron chi connectivity index (χ0n) is 14.1. The van der Waals surface area contributed by atoms with E-state index >= 15 is 0 Å². The van der Waals surface area contributed by atoms with Gasteiger partial charge in [-0.25, -0.2) is 0 Å². The van der Waals surface area contributed by atoms with E-state index in [-0.39, 0.29) is 5.41 Å². The second kappa shape index (κ2) is 7.69. The third kappa shape index (κ3) is 5.67. The molecule has 1 aromatic carbocycles. The average Bonchev–Trinajstić information content (AvgIpc) is 2.43. The van der Waals surface area contributed by atoms with E-state index in [0.29, 0.717) is 0 Å². The second-order valence-electron chi connectivity index (χ2n) is 7.55. The number of rotatable bonds is 5. The molecule has 1 saturated carbocycles. The molecule has 0 heterocycles. The Kier molecular flexibility index (Phi) is 6.19. The van der Waals surface area contributed by atoms with E-state index in [1.54, 1.807) is 0 Å². The summed E-state index contributed by atoms with van der Waals surface area (Å²) in [5.41, 5.74) is 1.67. The first-order chi connectivity index (χ1) is 9.95. The molecule has 1 aliphatic rings. The number of thioether (sulfide) groups is 1. The van der Waals surface area contributed by atoms with E-state index < -0.39 is 0 Å². The number of hydrogen-bond donors (Lipinski definition) is 1. The van der Waals surface area contributed by atoms with Crippen molar-refractivity contribution in [1.82, 2.24) is 5.32 Å². The topological polar surface area (TPSA) is 12.0 Å². The van der Waals surface area contributed by atoms with Crippen molar-refractivity contribution in [2.45, 2.75) is 69.7 Å². The van der Waals surface area contributed by atoms with Gasteiger partial charge < -0.3 is 5.32 Å². The summed E-state index contributed by atoms with van der Waals surface area (Å²) in [5.74, 6) is 2.08. The lowest BCUT2D eigenvalue weighted by atomic mass is 9.87. The van der Waals surface area contributed by atoms with Gasteiger partial charge in [-0.3, -0.25) is 0 Å². The molecule has 21 heavy (non-hydrogen) atoms. The van der Waals surface area contributed by atoms with Crippen LogP contribution in [0.4, 0.5) is 0 Å². The molecule has 0 spiro atoms. The van der Waals surface area contributed by atoms with E-state index in [1.165, 1.54) is 41.9 Å². The minimum atomic E-state index is 0.252. The van der Waals surface area contributed by atoms with Gasteiger partial charge in [0.1, 0.15) is 0 Å². The van der Waals surface area contributed by atoms with Crippen LogP contribution in [0.5, 0.6) is 0 Å². The van der Waals surface area contributed by atoms with Crippen LogP contribution in [0, 0.1) is 5.92 Å². The number of hydrogen-bond acceptors (Lipinski definition) is 2. The molecule has 0 saturated heterocycles. The second-order valence-corrected chi connectivity index (χ2v) is 8.71. The molecular formula is C19H31NS. The van der Waals surface area contributed by atoms with Crippen LogP contribution in [0.1, 0.15) is 58.9 Å². The minimum Gasteiger partial charge on any atom is -0.313 e. The normalized spacial score (nSPS) is 23.2. The van der Waals surface area contributed by atoms with Gasteiger partial charge >= 0.3 is 0 Å². The largest absolute Gasteiger partial charge is 0.313 e. The lowest BCUT2D eigenvalue weighted by Gasteiger charge is -2.27. The summed E-state index contributed by atoms with van der Waals surface area (Å²) >= 11 is 1.97. The maximum absolute atomic E-state index is 3.74. The van der Waals surface area contributed by atoms with Crippen molar-refractivity contribution in [3.05, 3.63) is 29.8 Å². The fourth-order valence-electron chi connectivity index (χ4n) is 3.10. The lowest BCUT2D eigenvalue weighted by molar-refractivity contribution is 0.306. The van der Waals surface area contributed by atoms with Crippen LogP contribution in [0.3, 0.4) is 0 Å². The first-order valence-electron chi connectivity index (χ1n) is 8.42. The molecule has 1 aromatic rings. The van der Waals surface area contributed by atoms with Gasteiger partial charge in [-0.1, -0.05) is 52.7 Å². The molecule has 0 amide bonds. The Labute approximate surface area is 135 Å². The van der Waals surface area contributed by atoms with Gasteiger partial charge in [0.15, 0.2) is 0 Å². The molecule has 2 unspecified atom stereocenters. The van der Waals surface area contributed by atoms with Crippen molar-refractivity contribution in [2.24, 2.45) is 5.92 Å². The zero-order chi connectivity index (χ0) is 15.3. The van der Waals surface area contributed by atoms with Gasteiger partial charge in [-0.15, -0.1) is 11.8 Å². The molecule has 0 aromatic heterocycles. The fourth-order valence-corrected chi connectivity index (χ4v) is 3.89. The highest BCUT2D eigenvalue weighted by Gasteiger charge is 2.17. The molecule has 0 radical (unpaired) electrons. The number of benzene rings is 1. The molecule has 0 aliphatic heterocycles. The summed E-state index contributed by atoms with van der Waals surface area (Å²) in [6, 6.07) is 9.86. The molecule has 1 nitrogen and oxygen atoms in total. The van der Waals surface area contributed by atoms with Crippen LogP contribution in [-0.4, -0.2) is 18.3 Å². The molecule has 2 rings (SSSR count). The van der Waals surface area contributed by atoms with Gasteiger partial charge in [0.05, 0.1) is 0 Å². The molecular weight excluding hydrogens is 274 g/mol. The van der Waals surface area contributed by atoms with Crippen LogP contribution >= 0.6 is 11.8 Å². The van der Waals surface area contributed by atoms with Crippen LogP contribution in [-0.2, 0) is 5.41 Å². The Morgan fingerprint density at radius 1 is 1.14 bits per heavy atom. The smallest absolute Gasteiger partial charge is 0.0106 e. The highest BCUT2D eigenvalue weighted by atomic mass is 32.2. The van der Waals surface area contributed by atoms with Crippen molar-refractivity contribution in [1.29, 1.82) is 0 Å². The Morgan fingerprint density at radius 2 is 1.86 bits per heavy atom. The van der Waals surface area contributed by atoms with Gasteiger partial charge in [0, 0.05) is 23.2 Å². The van der Waals surface area contributed by atoms with E-state index in [0.717, 1.165) is 18.5 Å². The van der Waals surface area contributed by atoms with Gasteiger partial charge in [-0.05, 0) is 41.9 Å². The summed E-state index contributed by atoms with van der Waals surface area (Å²) in [5, 5.41) is 3.74. The van der Waals surface area contributed by atoms with Crippen molar-refractivity contribution in [2.75, 3.05) is 12.3 Å². The quantitative estimate of drug-likeness (QED) is 0.589. The van der Waals surface area contributed by atoms with E-state index in [4.69, 9.17) is 0 Å². The fraction of sp³-hybridized carbons (Fsp3) is 0.684. The molecule has 1 aliphatic carbocycles. The maximum Gasteiger partial charge on any atom is 0.0106 e. The predicted octanol–water partition coefficient (Wildman–Crippen LogP) is 5.24. The van der Waals surface area contributed by atoms with Crippen LogP contribution in [0.25, 0.3) is 0 Å². The minimum absolute atomic E-state index is 0.252. The molecule has 1 N–H and O–H groups in total. The van der Waals surface area contributed by atoms with Crippen molar-refractivity contribution in [3.8, 4) is 0 Å². The van der Waals surface area contributed by atoms with Crippen LogP contribution < -0.4 is 5.32 Å². The predicted molar refractivity (Wildman–Crippen MR) is 95.3 cm³/mol. The van der Waals surface area contributed by atoms with Crippen molar-refractivity contribution < 1.29 is 0 Å². The third-order valence-corrected chi connectivity index (χ3v) is 5.47. The van der Waals surface area contributed by atoms with Gasteiger partial charge in [0.2, 0.25) is 0 Å². The van der Waals surface area contributed by atoms with Crippen LogP contribution in [0.15, 0.2) is 29.2 Å². The standard InChI is InChI=1S/C19H31NS/c1-15-6-5-7-17(14-15)20-12-13-21-18-10-8-16(9-11-18)19(2,3)4/h8-11,15,17,20H,5-7,12-14H2,1-4H3. The molecule has 1 fully saturated rings. The lowest BCUT2D eigenvalue weighted by Crippen LogP contribution is -2.34. The summed E-state index contributed by atoms with van der Waals surface area (Å²) < 4.78 is 0.